The number of hydrogen-bond donors (Lipinski definition) is 1. The number of nitrogens with one attached hydrogen (secondary N) is 1. The molecule has 0 aliphatic carbocycles. The van der Waals surface area contributed by atoms with Gasteiger partial charge < -0.3 is 5.32 Å². The quantitative estimate of drug-likeness (QED) is 0.927. The fourth-order valence-electron chi connectivity index (χ4n) is 2.03. The molecule has 5 heteroatoms. The second-order valence-electron chi connectivity index (χ2n) is 4.89. The normalized spacial score (nSPS) is 23.1. The third kappa shape index (κ3) is 3.18. The first kappa shape index (κ1) is 13.7. The Bertz CT molecular complexity index is 458. The topological polar surface area (TPSA) is 42.0 Å². The summed E-state index contributed by atoms with van der Waals surface area (Å²) in [6.45, 7) is 4.73. The molecule has 2 heterocycles. The van der Waals surface area contributed by atoms with Gasteiger partial charge in [-0.05, 0) is 38.5 Å². The van der Waals surface area contributed by atoms with Gasteiger partial charge in [-0.1, -0.05) is 11.6 Å². The molecule has 0 bridgehead atoms. The van der Waals surface area contributed by atoms with Crippen molar-refractivity contribution in [2.24, 2.45) is 0 Å². The van der Waals surface area contributed by atoms with Gasteiger partial charge in [-0.2, -0.15) is 11.8 Å². The van der Waals surface area contributed by atoms with Gasteiger partial charge in [0.2, 0.25) is 0 Å². The number of rotatable bonds is 3. The van der Waals surface area contributed by atoms with Crippen molar-refractivity contribution in [3.8, 4) is 0 Å². The lowest BCUT2D eigenvalue weighted by Crippen LogP contribution is -2.36. The van der Waals surface area contributed by atoms with E-state index < -0.39 is 0 Å². The van der Waals surface area contributed by atoms with Crippen LogP contribution in [0.1, 0.15) is 35.8 Å². The molecule has 98 valence electrons. The fourth-order valence-corrected chi connectivity index (χ4v) is 3.57. The molecule has 1 N–H and O–H groups in total. The van der Waals surface area contributed by atoms with Crippen molar-refractivity contribution in [3.05, 3.63) is 28.5 Å². The Balaban J connectivity index is 1.99. The van der Waals surface area contributed by atoms with E-state index >= 15 is 0 Å². The van der Waals surface area contributed by atoms with Gasteiger partial charge >= 0.3 is 0 Å². The number of halogens is 1. The summed E-state index contributed by atoms with van der Waals surface area (Å²) in [6.07, 6.45) is 3.92. The van der Waals surface area contributed by atoms with Crippen molar-refractivity contribution in [1.82, 2.24) is 10.3 Å². The van der Waals surface area contributed by atoms with Crippen molar-refractivity contribution >= 4 is 29.3 Å². The van der Waals surface area contributed by atoms with Crippen LogP contribution in [0.25, 0.3) is 0 Å². The minimum atomic E-state index is -0.138. The Morgan fingerprint density at radius 3 is 3.06 bits per heavy atom. The average Bonchev–Trinajstić information content (AvgIpc) is 2.74. The van der Waals surface area contributed by atoms with Crippen molar-refractivity contribution in [3.63, 3.8) is 0 Å². The summed E-state index contributed by atoms with van der Waals surface area (Å²) in [4.78, 5) is 16.1. The van der Waals surface area contributed by atoms with E-state index in [1.54, 1.807) is 6.07 Å². The van der Waals surface area contributed by atoms with E-state index in [2.05, 4.69) is 17.2 Å². The van der Waals surface area contributed by atoms with Gasteiger partial charge in [0.15, 0.2) is 0 Å². The monoisotopic (exact) mass is 284 g/mol. The molecule has 1 saturated heterocycles. The van der Waals surface area contributed by atoms with Crippen LogP contribution < -0.4 is 5.32 Å². The zero-order chi connectivity index (χ0) is 13.2. The summed E-state index contributed by atoms with van der Waals surface area (Å²) in [7, 11) is 0. The largest absolute Gasteiger partial charge is 0.351 e. The summed E-state index contributed by atoms with van der Waals surface area (Å²) >= 11 is 7.97. The van der Waals surface area contributed by atoms with Gasteiger partial charge in [-0.15, -0.1) is 0 Å². The van der Waals surface area contributed by atoms with Gasteiger partial charge in [0.25, 0.3) is 5.91 Å². The number of thioether (sulfide) groups is 1. The summed E-state index contributed by atoms with van der Waals surface area (Å²) < 4.78 is 0.167. The molecule has 0 saturated carbocycles. The summed E-state index contributed by atoms with van der Waals surface area (Å²) in [6, 6.07) is 1.71. The number of carbonyl (C=O) groups excluding carboxylic acids is 1. The van der Waals surface area contributed by atoms with Crippen LogP contribution in [0.5, 0.6) is 0 Å². The molecular weight excluding hydrogens is 268 g/mol. The van der Waals surface area contributed by atoms with Gasteiger partial charge in [0.1, 0.15) is 0 Å². The van der Waals surface area contributed by atoms with E-state index in [-0.39, 0.29) is 10.7 Å². The Hall–Kier alpha value is -0.740. The summed E-state index contributed by atoms with van der Waals surface area (Å²) in [5.41, 5.74) is 1.27. The molecule has 1 amide bonds. The minimum Gasteiger partial charge on any atom is -0.351 e. The molecule has 1 aromatic rings. The number of pyridine rings is 1. The number of aryl methyl sites for hydroxylation is 1. The maximum absolute atomic E-state index is 12.0. The maximum Gasteiger partial charge on any atom is 0.254 e. The number of aromatic nitrogens is 1. The first-order valence-corrected chi connectivity index (χ1v) is 7.41. The van der Waals surface area contributed by atoms with Crippen LogP contribution in [0.4, 0.5) is 0 Å². The number of nitrogens with zero attached hydrogens (tertiary/aromatic N) is 1. The molecule has 1 unspecified atom stereocenters. The van der Waals surface area contributed by atoms with E-state index in [0.29, 0.717) is 17.1 Å². The van der Waals surface area contributed by atoms with Crippen LogP contribution in [0.2, 0.25) is 5.02 Å². The Kier molecular flexibility index (Phi) is 4.17. The minimum absolute atomic E-state index is 0.138. The fraction of sp³-hybridized carbons (Fsp3) is 0.538. The molecular formula is C13H17ClN2OS. The van der Waals surface area contributed by atoms with Gasteiger partial charge in [-0.3, -0.25) is 9.78 Å². The number of amides is 1. The first-order valence-electron chi connectivity index (χ1n) is 6.04. The summed E-state index contributed by atoms with van der Waals surface area (Å²) in [5.74, 6) is 1.04. The SMILES string of the molecule is Cc1cc(Cl)c(C(=O)NCC2(C)CCCS2)cn1. The lowest BCUT2D eigenvalue weighted by atomic mass is 10.1. The van der Waals surface area contributed by atoms with E-state index in [4.69, 9.17) is 11.6 Å². The Morgan fingerprint density at radius 2 is 2.44 bits per heavy atom. The Morgan fingerprint density at radius 1 is 1.67 bits per heavy atom. The third-order valence-electron chi connectivity index (χ3n) is 3.16. The lowest BCUT2D eigenvalue weighted by Gasteiger charge is -2.22. The molecule has 1 fully saturated rings. The standard InChI is InChI=1S/C13H17ClN2OS/c1-9-6-11(14)10(7-15-9)12(17)16-8-13(2)4-3-5-18-13/h6-7H,3-5,8H2,1-2H3,(H,16,17). The molecule has 1 aromatic heterocycles. The molecule has 0 radical (unpaired) electrons. The molecule has 1 atom stereocenters. The van der Waals surface area contributed by atoms with Crippen LogP contribution >= 0.6 is 23.4 Å². The van der Waals surface area contributed by atoms with E-state index in [9.17, 15) is 4.79 Å². The maximum atomic E-state index is 12.0. The predicted molar refractivity (Wildman–Crippen MR) is 76.4 cm³/mol. The first-order chi connectivity index (χ1) is 8.50. The number of hydrogen-bond acceptors (Lipinski definition) is 3. The highest BCUT2D eigenvalue weighted by Gasteiger charge is 2.30. The lowest BCUT2D eigenvalue weighted by molar-refractivity contribution is 0.0949. The third-order valence-corrected chi connectivity index (χ3v) is 5.01. The van der Waals surface area contributed by atoms with Crippen molar-refractivity contribution in [2.75, 3.05) is 12.3 Å². The van der Waals surface area contributed by atoms with Crippen LogP contribution in [0.3, 0.4) is 0 Å². The molecule has 0 spiro atoms. The molecule has 0 aromatic carbocycles. The molecule has 1 aliphatic heterocycles. The van der Waals surface area contributed by atoms with E-state index in [1.807, 2.05) is 18.7 Å². The van der Waals surface area contributed by atoms with Crippen LogP contribution in [-0.2, 0) is 0 Å². The van der Waals surface area contributed by atoms with Gasteiger partial charge in [0.05, 0.1) is 10.6 Å². The molecule has 1 aliphatic rings. The highest BCUT2D eigenvalue weighted by Crippen LogP contribution is 2.37. The van der Waals surface area contributed by atoms with Gasteiger partial charge in [0, 0.05) is 23.2 Å². The number of carbonyl (C=O) groups is 1. The molecule has 3 nitrogen and oxygen atoms in total. The zero-order valence-corrected chi connectivity index (χ0v) is 12.2. The smallest absolute Gasteiger partial charge is 0.254 e. The van der Waals surface area contributed by atoms with Gasteiger partial charge in [-0.25, -0.2) is 0 Å². The Labute approximate surface area is 117 Å². The highest BCUT2D eigenvalue weighted by molar-refractivity contribution is 8.00. The van der Waals surface area contributed by atoms with Crippen molar-refractivity contribution in [2.45, 2.75) is 31.4 Å². The van der Waals surface area contributed by atoms with Crippen LogP contribution in [0, 0.1) is 6.92 Å². The second-order valence-corrected chi connectivity index (χ2v) is 6.98. The highest BCUT2D eigenvalue weighted by atomic mass is 35.5. The van der Waals surface area contributed by atoms with E-state index in [1.165, 1.54) is 18.4 Å². The average molecular weight is 285 g/mol. The molecule has 2 rings (SSSR count). The van der Waals surface area contributed by atoms with Crippen LogP contribution in [0.15, 0.2) is 12.3 Å². The second kappa shape index (κ2) is 5.49. The van der Waals surface area contributed by atoms with E-state index in [0.717, 1.165) is 12.1 Å². The van der Waals surface area contributed by atoms with Crippen LogP contribution in [-0.4, -0.2) is 27.9 Å². The molecule has 18 heavy (non-hydrogen) atoms. The zero-order valence-electron chi connectivity index (χ0n) is 10.6. The van der Waals surface area contributed by atoms with Crippen molar-refractivity contribution in [1.29, 1.82) is 0 Å². The summed E-state index contributed by atoms with van der Waals surface area (Å²) in [5, 5.41) is 3.42. The predicted octanol–water partition coefficient (Wildman–Crippen LogP) is 3.06. The van der Waals surface area contributed by atoms with Crippen molar-refractivity contribution < 1.29 is 4.79 Å².